The Hall–Kier alpha value is -2.97. The molecule has 2 aliphatic rings. The Bertz CT molecular complexity index is 1240. The average Bonchev–Trinajstić information content (AvgIpc) is 2.83. The fourth-order valence-electron chi connectivity index (χ4n) is 4.48. The molecule has 0 aliphatic carbocycles. The van der Waals surface area contributed by atoms with E-state index in [0.717, 1.165) is 42.5 Å². The van der Waals surface area contributed by atoms with Gasteiger partial charge in [-0.25, -0.2) is 13.4 Å². The van der Waals surface area contributed by atoms with Crippen molar-refractivity contribution in [3.8, 4) is 0 Å². The molecule has 0 N–H and O–H groups in total. The van der Waals surface area contributed by atoms with Crippen molar-refractivity contribution in [2.75, 3.05) is 37.0 Å². The summed E-state index contributed by atoms with van der Waals surface area (Å²) in [5, 5.41) is 0. The van der Waals surface area contributed by atoms with Crippen molar-refractivity contribution >= 4 is 21.8 Å². The summed E-state index contributed by atoms with van der Waals surface area (Å²) < 4.78 is 27.9. The summed E-state index contributed by atoms with van der Waals surface area (Å²) in [6.45, 7) is 2.35. The van der Waals surface area contributed by atoms with Crippen molar-refractivity contribution in [3.05, 3.63) is 77.0 Å². The smallest absolute Gasteiger partial charge is 0.243 e. The molecule has 2 aromatic carbocycles. The highest BCUT2D eigenvalue weighted by molar-refractivity contribution is 7.89. The lowest BCUT2D eigenvalue weighted by molar-refractivity contribution is 0.387. The fourth-order valence-corrected chi connectivity index (χ4v) is 5.91. The highest BCUT2D eigenvalue weighted by atomic mass is 32.2. The summed E-state index contributed by atoms with van der Waals surface area (Å²) in [5.41, 5.74) is 4.53. The zero-order chi connectivity index (χ0) is 22.3. The van der Waals surface area contributed by atoms with Crippen LogP contribution in [0, 0.1) is 0 Å². The molecule has 5 rings (SSSR count). The third-order valence-corrected chi connectivity index (χ3v) is 8.07. The number of fused-ring (bicyclic) bond motifs is 2. The third kappa shape index (κ3) is 3.73. The van der Waals surface area contributed by atoms with Gasteiger partial charge in [0.25, 0.3) is 0 Å². The van der Waals surface area contributed by atoms with Crippen LogP contribution < -0.4 is 9.80 Å². The van der Waals surface area contributed by atoms with E-state index in [0.29, 0.717) is 17.9 Å². The van der Waals surface area contributed by atoms with Gasteiger partial charge in [-0.1, -0.05) is 42.5 Å². The van der Waals surface area contributed by atoms with Crippen LogP contribution in [0.25, 0.3) is 0 Å². The van der Waals surface area contributed by atoms with Crippen molar-refractivity contribution in [3.63, 3.8) is 0 Å². The van der Waals surface area contributed by atoms with E-state index in [9.17, 15) is 8.42 Å². The van der Waals surface area contributed by atoms with Gasteiger partial charge in [0.1, 0.15) is 5.82 Å². The Morgan fingerprint density at radius 2 is 1.56 bits per heavy atom. The topological polar surface area (TPSA) is 69.6 Å². The molecule has 3 heterocycles. The van der Waals surface area contributed by atoms with E-state index in [1.54, 1.807) is 24.3 Å². The molecule has 166 valence electrons. The van der Waals surface area contributed by atoms with Crippen LogP contribution in [0.15, 0.2) is 59.5 Å². The molecule has 0 amide bonds. The van der Waals surface area contributed by atoms with Gasteiger partial charge in [-0.3, -0.25) is 0 Å². The normalized spacial score (nSPS) is 16.4. The third-order valence-electron chi connectivity index (χ3n) is 6.21. The maximum absolute atomic E-state index is 13.2. The molecule has 2 aliphatic heterocycles. The Labute approximate surface area is 189 Å². The quantitative estimate of drug-likeness (QED) is 0.610. The molecule has 0 radical (unpaired) electrons. The number of sulfonamides is 1. The molecule has 8 heteroatoms. The van der Waals surface area contributed by atoms with E-state index >= 15 is 0 Å². The predicted octanol–water partition coefficient (Wildman–Crippen LogP) is 2.85. The molecule has 0 saturated carbocycles. The summed E-state index contributed by atoms with van der Waals surface area (Å²) in [4.78, 5) is 14.3. The maximum Gasteiger partial charge on any atom is 0.243 e. The Morgan fingerprint density at radius 1 is 0.844 bits per heavy atom. The molecule has 0 bridgehead atoms. The van der Waals surface area contributed by atoms with Crippen LogP contribution in [-0.4, -0.2) is 49.9 Å². The summed E-state index contributed by atoms with van der Waals surface area (Å²) in [6.07, 6.45) is 1.54. The second kappa shape index (κ2) is 8.18. The molecule has 0 saturated heterocycles. The van der Waals surface area contributed by atoms with Gasteiger partial charge < -0.3 is 9.80 Å². The van der Waals surface area contributed by atoms with Crippen LogP contribution in [0.5, 0.6) is 0 Å². The minimum absolute atomic E-state index is 0.281. The molecule has 0 fully saturated rings. The number of hydrogen-bond donors (Lipinski definition) is 0. The minimum Gasteiger partial charge on any atom is -0.362 e. The maximum atomic E-state index is 13.2. The standard InChI is InChI=1S/C24H27N5O2S/c1-27(2)23-21-17-29(32(30,31)20-10-4-3-5-11-20)15-13-22(21)25-24(26-23)28-14-12-18-8-6-7-9-19(18)16-28/h3-11H,12-17H2,1-2H3. The van der Waals surface area contributed by atoms with E-state index in [2.05, 4.69) is 29.2 Å². The summed E-state index contributed by atoms with van der Waals surface area (Å²) in [6, 6.07) is 17.1. The number of nitrogens with zero attached hydrogens (tertiary/aromatic N) is 5. The van der Waals surface area contributed by atoms with Gasteiger partial charge in [0.05, 0.1) is 10.6 Å². The van der Waals surface area contributed by atoms with E-state index in [1.165, 1.54) is 15.4 Å². The van der Waals surface area contributed by atoms with Crippen molar-refractivity contribution in [2.45, 2.75) is 30.8 Å². The fraction of sp³-hybridized carbons (Fsp3) is 0.333. The van der Waals surface area contributed by atoms with Crippen LogP contribution in [0.4, 0.5) is 11.8 Å². The molecule has 0 atom stereocenters. The first-order valence-electron chi connectivity index (χ1n) is 10.9. The van der Waals surface area contributed by atoms with E-state index in [4.69, 9.17) is 9.97 Å². The van der Waals surface area contributed by atoms with Gasteiger partial charge in [0.15, 0.2) is 0 Å². The second-order valence-electron chi connectivity index (χ2n) is 8.51. The van der Waals surface area contributed by atoms with Gasteiger partial charge in [0, 0.05) is 52.3 Å². The van der Waals surface area contributed by atoms with E-state index in [1.807, 2.05) is 25.1 Å². The SMILES string of the molecule is CN(C)c1nc(N2CCc3ccccc3C2)nc2c1CN(S(=O)(=O)c1ccccc1)CC2. The molecular formula is C24H27N5O2S. The molecule has 3 aromatic rings. The van der Waals surface area contributed by atoms with Crippen molar-refractivity contribution in [1.29, 1.82) is 0 Å². The average molecular weight is 450 g/mol. The lowest BCUT2D eigenvalue weighted by atomic mass is 10.0. The highest BCUT2D eigenvalue weighted by Gasteiger charge is 2.32. The monoisotopic (exact) mass is 449 g/mol. The van der Waals surface area contributed by atoms with Gasteiger partial charge in [0.2, 0.25) is 16.0 Å². The summed E-state index contributed by atoms with van der Waals surface area (Å²) >= 11 is 0. The Balaban J connectivity index is 1.47. The molecular weight excluding hydrogens is 422 g/mol. The Morgan fingerprint density at radius 3 is 2.31 bits per heavy atom. The summed E-state index contributed by atoms with van der Waals surface area (Å²) in [5.74, 6) is 1.51. The van der Waals surface area contributed by atoms with Crippen LogP contribution >= 0.6 is 0 Å². The molecule has 32 heavy (non-hydrogen) atoms. The largest absolute Gasteiger partial charge is 0.362 e. The van der Waals surface area contributed by atoms with Crippen LogP contribution in [0.2, 0.25) is 0 Å². The van der Waals surface area contributed by atoms with Crippen molar-refractivity contribution in [2.24, 2.45) is 0 Å². The highest BCUT2D eigenvalue weighted by Crippen LogP contribution is 2.32. The zero-order valence-electron chi connectivity index (χ0n) is 18.4. The first-order chi connectivity index (χ1) is 15.4. The molecule has 0 unspecified atom stereocenters. The van der Waals surface area contributed by atoms with E-state index in [-0.39, 0.29) is 6.54 Å². The number of rotatable bonds is 4. The van der Waals surface area contributed by atoms with Crippen LogP contribution in [-0.2, 0) is 36.0 Å². The zero-order valence-corrected chi connectivity index (χ0v) is 19.2. The minimum atomic E-state index is -3.56. The second-order valence-corrected chi connectivity index (χ2v) is 10.4. The van der Waals surface area contributed by atoms with Crippen LogP contribution in [0.1, 0.15) is 22.4 Å². The first kappa shape index (κ1) is 20.9. The number of benzene rings is 2. The lowest BCUT2D eigenvalue weighted by Crippen LogP contribution is -2.38. The van der Waals surface area contributed by atoms with Crippen molar-refractivity contribution in [1.82, 2.24) is 14.3 Å². The number of aromatic nitrogens is 2. The number of hydrogen-bond acceptors (Lipinski definition) is 6. The van der Waals surface area contributed by atoms with Gasteiger partial charge in [-0.2, -0.15) is 9.29 Å². The number of anilines is 2. The van der Waals surface area contributed by atoms with Gasteiger partial charge >= 0.3 is 0 Å². The molecule has 1 aromatic heterocycles. The first-order valence-corrected chi connectivity index (χ1v) is 12.3. The molecule has 0 spiro atoms. The lowest BCUT2D eigenvalue weighted by Gasteiger charge is -2.33. The van der Waals surface area contributed by atoms with Gasteiger partial charge in [-0.15, -0.1) is 0 Å². The van der Waals surface area contributed by atoms with Gasteiger partial charge in [-0.05, 0) is 29.7 Å². The summed E-state index contributed by atoms with van der Waals surface area (Å²) in [7, 11) is 0.332. The predicted molar refractivity (Wildman–Crippen MR) is 125 cm³/mol. The van der Waals surface area contributed by atoms with E-state index < -0.39 is 10.0 Å². The Kier molecular flexibility index (Phi) is 5.35. The van der Waals surface area contributed by atoms with Crippen molar-refractivity contribution < 1.29 is 8.42 Å². The molecule has 7 nitrogen and oxygen atoms in total. The van der Waals surface area contributed by atoms with Crippen LogP contribution in [0.3, 0.4) is 0 Å².